The number of benzene rings is 1. The van der Waals surface area contributed by atoms with Gasteiger partial charge >= 0.3 is 0 Å². The number of hydrogen-bond donors (Lipinski definition) is 3. The third-order valence-corrected chi connectivity index (χ3v) is 2.06. The summed E-state index contributed by atoms with van der Waals surface area (Å²) < 4.78 is 12.9. The fourth-order valence-corrected chi connectivity index (χ4v) is 1.29. The van der Waals surface area contributed by atoms with E-state index in [1.807, 2.05) is 0 Å². The highest BCUT2D eigenvalue weighted by molar-refractivity contribution is 5.90. The second-order valence-corrected chi connectivity index (χ2v) is 3.35. The predicted octanol–water partition coefficient (Wildman–Crippen LogP) is 0.456. The van der Waals surface area contributed by atoms with Crippen molar-refractivity contribution in [2.24, 2.45) is 0 Å². The van der Waals surface area contributed by atoms with E-state index in [1.165, 1.54) is 12.1 Å². The summed E-state index contributed by atoms with van der Waals surface area (Å²) in [5.41, 5.74) is 5.92. The first-order chi connectivity index (χ1) is 8.15. The molecule has 0 radical (unpaired) electrons. The van der Waals surface area contributed by atoms with E-state index in [0.717, 1.165) is 0 Å². The van der Waals surface area contributed by atoms with E-state index in [9.17, 15) is 9.18 Å². The molecule has 0 unspecified atom stereocenters. The number of carbonyl (C=O) groups is 1. The van der Waals surface area contributed by atoms with Crippen LogP contribution in [0.25, 0.3) is 0 Å². The molecule has 1 aromatic carbocycles. The highest BCUT2D eigenvalue weighted by Crippen LogP contribution is 2.03. The average molecular weight is 235 g/mol. The van der Waals surface area contributed by atoms with Gasteiger partial charge in [-0.15, -0.1) is 5.10 Å². The van der Waals surface area contributed by atoms with Crippen LogP contribution in [0, 0.1) is 5.82 Å². The SMILES string of the molecule is Nc1n[nH]c(C(=O)NCc2cccc(F)c2)n1. The van der Waals surface area contributed by atoms with Crippen LogP contribution in [0.3, 0.4) is 0 Å². The largest absolute Gasteiger partial charge is 0.366 e. The maximum Gasteiger partial charge on any atom is 0.288 e. The van der Waals surface area contributed by atoms with E-state index in [4.69, 9.17) is 5.73 Å². The minimum absolute atomic E-state index is 0.000838. The Morgan fingerprint density at radius 2 is 2.35 bits per heavy atom. The Bertz CT molecular complexity index is 539. The van der Waals surface area contributed by atoms with Crippen LogP contribution < -0.4 is 11.1 Å². The number of anilines is 1. The molecule has 1 heterocycles. The van der Waals surface area contributed by atoms with Crippen LogP contribution >= 0.6 is 0 Å². The van der Waals surface area contributed by atoms with E-state index in [1.54, 1.807) is 12.1 Å². The van der Waals surface area contributed by atoms with Crippen molar-refractivity contribution >= 4 is 11.9 Å². The van der Waals surface area contributed by atoms with Crippen LogP contribution in [0.1, 0.15) is 16.2 Å². The van der Waals surface area contributed by atoms with Gasteiger partial charge in [-0.1, -0.05) is 12.1 Å². The monoisotopic (exact) mass is 235 g/mol. The Balaban J connectivity index is 1.97. The molecule has 0 aliphatic carbocycles. The molecule has 2 rings (SSSR count). The van der Waals surface area contributed by atoms with Gasteiger partial charge in [0.15, 0.2) is 0 Å². The molecule has 0 saturated carbocycles. The summed E-state index contributed by atoms with van der Waals surface area (Å²) in [7, 11) is 0. The number of halogens is 1. The second-order valence-electron chi connectivity index (χ2n) is 3.35. The van der Waals surface area contributed by atoms with Crippen LogP contribution in [-0.4, -0.2) is 21.1 Å². The molecule has 0 spiro atoms. The van der Waals surface area contributed by atoms with Crippen LogP contribution in [0.15, 0.2) is 24.3 Å². The molecule has 1 amide bonds. The molecule has 0 fully saturated rings. The molecular weight excluding hydrogens is 225 g/mol. The van der Waals surface area contributed by atoms with E-state index >= 15 is 0 Å². The van der Waals surface area contributed by atoms with Crippen LogP contribution in [0.2, 0.25) is 0 Å². The third kappa shape index (κ3) is 2.77. The minimum atomic E-state index is -0.446. The number of carbonyl (C=O) groups excluding carboxylic acids is 1. The van der Waals surface area contributed by atoms with Crippen molar-refractivity contribution in [2.45, 2.75) is 6.54 Å². The number of rotatable bonds is 3. The lowest BCUT2D eigenvalue weighted by Gasteiger charge is -2.02. The quantitative estimate of drug-likeness (QED) is 0.719. The van der Waals surface area contributed by atoms with Gasteiger partial charge in [0, 0.05) is 6.54 Å². The van der Waals surface area contributed by atoms with Crippen molar-refractivity contribution in [3.63, 3.8) is 0 Å². The first-order valence-corrected chi connectivity index (χ1v) is 4.85. The Kier molecular flexibility index (Phi) is 2.99. The molecule has 7 heteroatoms. The first kappa shape index (κ1) is 11.1. The Morgan fingerprint density at radius 1 is 1.53 bits per heavy atom. The van der Waals surface area contributed by atoms with Gasteiger partial charge < -0.3 is 11.1 Å². The predicted molar refractivity (Wildman–Crippen MR) is 58.4 cm³/mol. The standard InChI is InChI=1S/C10H10FN5O/c11-7-3-1-2-6(4-7)5-13-9(17)8-14-10(12)16-15-8/h1-4H,5H2,(H,13,17)(H3,12,14,15,16). The lowest BCUT2D eigenvalue weighted by molar-refractivity contribution is 0.0941. The normalized spacial score (nSPS) is 10.2. The number of aromatic amines is 1. The molecular formula is C10H10FN5O. The molecule has 0 saturated heterocycles. The molecule has 4 N–H and O–H groups in total. The molecule has 2 aromatic rings. The number of nitrogens with one attached hydrogen (secondary N) is 2. The lowest BCUT2D eigenvalue weighted by atomic mass is 10.2. The number of nitrogens with zero attached hydrogens (tertiary/aromatic N) is 2. The van der Waals surface area contributed by atoms with Crippen molar-refractivity contribution in [3.05, 3.63) is 41.5 Å². The first-order valence-electron chi connectivity index (χ1n) is 4.85. The molecule has 0 aliphatic heterocycles. The Labute approximate surface area is 96.1 Å². The zero-order chi connectivity index (χ0) is 12.3. The zero-order valence-electron chi connectivity index (χ0n) is 8.77. The van der Waals surface area contributed by atoms with Gasteiger partial charge in [-0.05, 0) is 17.7 Å². The fraction of sp³-hybridized carbons (Fsp3) is 0.100. The molecule has 0 bridgehead atoms. The van der Waals surface area contributed by atoms with E-state index in [-0.39, 0.29) is 24.1 Å². The maximum atomic E-state index is 12.9. The highest BCUT2D eigenvalue weighted by atomic mass is 19.1. The second kappa shape index (κ2) is 4.60. The number of aromatic nitrogens is 3. The van der Waals surface area contributed by atoms with Crippen molar-refractivity contribution in [1.82, 2.24) is 20.5 Å². The summed E-state index contributed by atoms with van der Waals surface area (Å²) in [5.74, 6) is -0.765. The highest BCUT2D eigenvalue weighted by Gasteiger charge is 2.09. The summed E-state index contributed by atoms with van der Waals surface area (Å²) in [6.07, 6.45) is 0. The maximum absolute atomic E-state index is 12.9. The molecule has 17 heavy (non-hydrogen) atoms. The third-order valence-electron chi connectivity index (χ3n) is 2.06. The van der Waals surface area contributed by atoms with Gasteiger partial charge in [-0.25, -0.2) is 4.39 Å². The van der Waals surface area contributed by atoms with Gasteiger partial charge in [-0.3, -0.25) is 9.89 Å². The van der Waals surface area contributed by atoms with Gasteiger partial charge in [0.25, 0.3) is 5.91 Å². The number of hydrogen-bond acceptors (Lipinski definition) is 4. The molecule has 0 aliphatic rings. The van der Waals surface area contributed by atoms with Crippen molar-refractivity contribution in [2.75, 3.05) is 5.73 Å². The van der Waals surface area contributed by atoms with Gasteiger partial charge in [-0.2, -0.15) is 4.98 Å². The summed E-state index contributed by atoms with van der Waals surface area (Å²) in [6, 6.07) is 5.96. The van der Waals surface area contributed by atoms with E-state index < -0.39 is 5.91 Å². The number of amides is 1. The number of H-pyrrole nitrogens is 1. The van der Waals surface area contributed by atoms with Crippen molar-refractivity contribution < 1.29 is 9.18 Å². The van der Waals surface area contributed by atoms with Crippen molar-refractivity contribution in [1.29, 1.82) is 0 Å². The van der Waals surface area contributed by atoms with Gasteiger partial charge in [0.05, 0.1) is 0 Å². The number of nitrogens with two attached hydrogens (primary N) is 1. The zero-order valence-corrected chi connectivity index (χ0v) is 8.77. The van der Waals surface area contributed by atoms with Crippen LogP contribution in [0.5, 0.6) is 0 Å². The van der Waals surface area contributed by atoms with Crippen molar-refractivity contribution in [3.8, 4) is 0 Å². The van der Waals surface area contributed by atoms with Gasteiger partial charge in [0.2, 0.25) is 11.8 Å². The Hall–Kier alpha value is -2.44. The fourth-order valence-electron chi connectivity index (χ4n) is 1.29. The topological polar surface area (TPSA) is 96.7 Å². The van der Waals surface area contributed by atoms with Gasteiger partial charge in [0.1, 0.15) is 5.82 Å². The Morgan fingerprint density at radius 3 is 3.00 bits per heavy atom. The van der Waals surface area contributed by atoms with E-state index in [0.29, 0.717) is 5.56 Å². The summed E-state index contributed by atoms with van der Waals surface area (Å²) in [4.78, 5) is 15.2. The summed E-state index contributed by atoms with van der Waals surface area (Å²) >= 11 is 0. The van der Waals surface area contributed by atoms with Crippen LogP contribution in [0.4, 0.5) is 10.3 Å². The summed E-state index contributed by atoms with van der Waals surface area (Å²) in [6.45, 7) is 0.206. The summed E-state index contributed by atoms with van der Waals surface area (Å²) in [5, 5.41) is 8.47. The number of nitrogen functional groups attached to an aromatic ring is 1. The van der Waals surface area contributed by atoms with E-state index in [2.05, 4.69) is 20.5 Å². The van der Waals surface area contributed by atoms with Crippen LogP contribution in [-0.2, 0) is 6.54 Å². The minimum Gasteiger partial charge on any atom is -0.366 e. The molecule has 1 aromatic heterocycles. The average Bonchev–Trinajstić information content (AvgIpc) is 2.73. The molecule has 0 atom stereocenters. The molecule has 6 nitrogen and oxygen atoms in total. The smallest absolute Gasteiger partial charge is 0.288 e. The lowest BCUT2D eigenvalue weighted by Crippen LogP contribution is -2.24. The molecule has 88 valence electrons.